The molecule has 0 radical (unpaired) electrons. The summed E-state index contributed by atoms with van der Waals surface area (Å²) in [6, 6.07) is 6.39. The topological polar surface area (TPSA) is 28.2 Å². The van der Waals surface area contributed by atoms with E-state index in [2.05, 4.69) is 47.9 Å². The van der Waals surface area contributed by atoms with Gasteiger partial charge in [-0.2, -0.15) is 0 Å². The Balaban J connectivity index is 1.34. The van der Waals surface area contributed by atoms with Crippen molar-refractivity contribution in [2.75, 3.05) is 60.2 Å². The Morgan fingerprint density at radius 2 is 1.81 bits per heavy atom. The molecule has 26 heavy (non-hydrogen) atoms. The maximum atomic E-state index is 5.52. The molecule has 3 heterocycles. The van der Waals surface area contributed by atoms with Crippen molar-refractivity contribution in [2.45, 2.75) is 31.7 Å². The van der Waals surface area contributed by atoms with E-state index in [-0.39, 0.29) is 0 Å². The summed E-state index contributed by atoms with van der Waals surface area (Å²) in [6.07, 6.45) is 3.69. The average Bonchev–Trinajstić information content (AvgIpc) is 3.08. The molecule has 5 heteroatoms. The number of benzene rings is 1. The van der Waals surface area contributed by atoms with Gasteiger partial charge in [0.1, 0.15) is 0 Å². The van der Waals surface area contributed by atoms with Gasteiger partial charge in [-0.05, 0) is 70.1 Å². The van der Waals surface area contributed by atoms with Gasteiger partial charge in [-0.25, -0.2) is 0 Å². The second-order valence-corrected chi connectivity index (χ2v) is 8.68. The summed E-state index contributed by atoms with van der Waals surface area (Å²) in [6.45, 7) is 9.98. The Morgan fingerprint density at radius 1 is 1.04 bits per heavy atom. The van der Waals surface area contributed by atoms with Gasteiger partial charge < -0.3 is 14.4 Å². The van der Waals surface area contributed by atoms with Gasteiger partial charge in [0, 0.05) is 31.7 Å². The molecule has 1 unspecified atom stereocenters. The quantitative estimate of drug-likeness (QED) is 0.823. The van der Waals surface area contributed by atoms with E-state index in [1.54, 1.807) is 0 Å². The van der Waals surface area contributed by atoms with Gasteiger partial charge in [-0.3, -0.25) is 9.80 Å². The minimum absolute atomic E-state index is 0.354. The van der Waals surface area contributed by atoms with E-state index in [0.29, 0.717) is 18.2 Å². The van der Waals surface area contributed by atoms with Crippen LogP contribution >= 0.6 is 0 Å². The summed E-state index contributed by atoms with van der Waals surface area (Å²) in [5, 5.41) is 0. The molecular formula is C21H33N3O2. The first-order valence-electron chi connectivity index (χ1n) is 10.0. The second-order valence-electron chi connectivity index (χ2n) is 8.68. The lowest BCUT2D eigenvalue weighted by atomic mass is 9.83. The summed E-state index contributed by atoms with van der Waals surface area (Å²) in [5.41, 5.74) is 1.74. The number of ether oxygens (including phenoxy) is 2. The third kappa shape index (κ3) is 3.71. The lowest BCUT2D eigenvalue weighted by Gasteiger charge is -2.53. The number of piperidine rings is 1. The third-order valence-corrected chi connectivity index (χ3v) is 6.59. The van der Waals surface area contributed by atoms with Crippen LogP contribution in [0.25, 0.3) is 0 Å². The van der Waals surface area contributed by atoms with Crippen molar-refractivity contribution in [3.63, 3.8) is 0 Å². The Hall–Kier alpha value is -1.30. The number of piperazine rings is 1. The maximum Gasteiger partial charge on any atom is 0.231 e. The highest BCUT2D eigenvalue weighted by Crippen LogP contribution is 2.34. The lowest BCUT2D eigenvalue weighted by molar-refractivity contribution is -0.0267. The number of nitrogens with zero attached hydrogens (tertiary/aromatic N) is 3. The molecule has 0 amide bonds. The predicted octanol–water partition coefficient (Wildman–Crippen LogP) is 2.31. The number of rotatable bonds is 4. The van der Waals surface area contributed by atoms with Gasteiger partial charge in [0.05, 0.1) is 0 Å². The highest BCUT2D eigenvalue weighted by molar-refractivity contribution is 5.44. The Bertz CT molecular complexity index is 628. The molecule has 3 aliphatic rings. The van der Waals surface area contributed by atoms with Gasteiger partial charge in [-0.15, -0.1) is 0 Å². The van der Waals surface area contributed by atoms with Crippen molar-refractivity contribution < 1.29 is 9.47 Å². The van der Waals surface area contributed by atoms with Gasteiger partial charge in [0.2, 0.25) is 6.79 Å². The van der Waals surface area contributed by atoms with E-state index in [1.807, 2.05) is 6.07 Å². The minimum Gasteiger partial charge on any atom is -0.454 e. The molecule has 144 valence electrons. The highest BCUT2D eigenvalue weighted by atomic mass is 16.7. The Kier molecular flexibility index (Phi) is 5.13. The third-order valence-electron chi connectivity index (χ3n) is 6.59. The SMILES string of the molecule is CC(Cc1ccc2c(c1)OCO2)CN1CCN(C)C2(CCN(C)CC2)C1. The fourth-order valence-corrected chi connectivity index (χ4v) is 4.85. The zero-order chi connectivity index (χ0) is 18.1. The van der Waals surface area contributed by atoms with E-state index < -0.39 is 0 Å². The normalized spacial score (nSPS) is 24.9. The molecular weight excluding hydrogens is 326 g/mol. The fraction of sp³-hybridized carbons (Fsp3) is 0.714. The van der Waals surface area contributed by atoms with Gasteiger partial charge >= 0.3 is 0 Å². The van der Waals surface area contributed by atoms with Crippen molar-refractivity contribution in [1.82, 2.24) is 14.7 Å². The first kappa shape index (κ1) is 18.1. The van der Waals surface area contributed by atoms with Crippen molar-refractivity contribution >= 4 is 0 Å². The molecule has 0 saturated carbocycles. The molecule has 0 bridgehead atoms. The highest BCUT2D eigenvalue weighted by Gasteiger charge is 2.41. The molecule has 1 aromatic carbocycles. The molecule has 0 N–H and O–H groups in total. The van der Waals surface area contributed by atoms with Gasteiger partial charge in [-0.1, -0.05) is 13.0 Å². The monoisotopic (exact) mass is 359 g/mol. The van der Waals surface area contributed by atoms with Gasteiger partial charge in [0.25, 0.3) is 0 Å². The fourth-order valence-electron chi connectivity index (χ4n) is 4.85. The van der Waals surface area contributed by atoms with Crippen LogP contribution in [0.4, 0.5) is 0 Å². The molecule has 3 aliphatic heterocycles. The van der Waals surface area contributed by atoms with Crippen LogP contribution < -0.4 is 9.47 Å². The van der Waals surface area contributed by atoms with Crippen molar-refractivity contribution in [1.29, 1.82) is 0 Å². The number of hydrogen-bond donors (Lipinski definition) is 0. The van der Waals surface area contributed by atoms with E-state index >= 15 is 0 Å². The zero-order valence-electron chi connectivity index (χ0n) is 16.5. The van der Waals surface area contributed by atoms with Crippen molar-refractivity contribution in [3.05, 3.63) is 23.8 Å². The average molecular weight is 360 g/mol. The molecule has 1 spiro atoms. The van der Waals surface area contributed by atoms with Crippen LogP contribution in [0.15, 0.2) is 18.2 Å². The van der Waals surface area contributed by atoms with E-state index in [0.717, 1.165) is 17.9 Å². The van der Waals surface area contributed by atoms with E-state index in [4.69, 9.17) is 9.47 Å². The summed E-state index contributed by atoms with van der Waals surface area (Å²) in [5.74, 6) is 2.42. The molecule has 1 atom stereocenters. The van der Waals surface area contributed by atoms with Crippen LogP contribution in [0.5, 0.6) is 11.5 Å². The largest absolute Gasteiger partial charge is 0.454 e. The van der Waals surface area contributed by atoms with Crippen molar-refractivity contribution in [2.24, 2.45) is 5.92 Å². The summed E-state index contributed by atoms with van der Waals surface area (Å²) in [7, 11) is 4.58. The number of fused-ring (bicyclic) bond motifs is 1. The van der Waals surface area contributed by atoms with Crippen LogP contribution in [0.1, 0.15) is 25.3 Å². The molecule has 0 aliphatic carbocycles. The van der Waals surface area contributed by atoms with Gasteiger partial charge in [0.15, 0.2) is 11.5 Å². The smallest absolute Gasteiger partial charge is 0.231 e. The zero-order valence-corrected chi connectivity index (χ0v) is 16.5. The minimum atomic E-state index is 0.354. The molecule has 4 rings (SSSR count). The number of likely N-dealkylation sites (tertiary alicyclic amines) is 1. The van der Waals surface area contributed by atoms with E-state index in [9.17, 15) is 0 Å². The summed E-state index contributed by atoms with van der Waals surface area (Å²) >= 11 is 0. The number of hydrogen-bond acceptors (Lipinski definition) is 5. The number of likely N-dealkylation sites (N-methyl/N-ethyl adjacent to an activating group) is 1. The van der Waals surface area contributed by atoms with Crippen LogP contribution in [0.3, 0.4) is 0 Å². The van der Waals surface area contributed by atoms with Crippen molar-refractivity contribution in [3.8, 4) is 11.5 Å². The van der Waals surface area contributed by atoms with Crippen LogP contribution in [0, 0.1) is 5.92 Å². The standard InChI is InChI=1S/C21H33N3O2/c1-17(12-18-4-5-19-20(13-18)26-16-25-19)14-24-11-10-23(3)21(15-24)6-8-22(2)9-7-21/h4-5,13,17H,6-12,14-16H2,1-3H3. The van der Waals surface area contributed by atoms with Crippen LogP contribution in [0.2, 0.25) is 0 Å². The Morgan fingerprint density at radius 3 is 2.62 bits per heavy atom. The molecule has 1 aromatic rings. The Labute approximate surface area is 157 Å². The summed E-state index contributed by atoms with van der Waals surface area (Å²) < 4.78 is 10.9. The first-order chi connectivity index (χ1) is 12.5. The molecule has 0 aromatic heterocycles. The van der Waals surface area contributed by atoms with Crippen LogP contribution in [-0.4, -0.2) is 80.4 Å². The summed E-state index contributed by atoms with van der Waals surface area (Å²) in [4.78, 5) is 7.82. The molecule has 5 nitrogen and oxygen atoms in total. The van der Waals surface area contributed by atoms with Crippen LogP contribution in [-0.2, 0) is 6.42 Å². The predicted molar refractivity (Wildman–Crippen MR) is 104 cm³/mol. The molecule has 2 fully saturated rings. The first-order valence-corrected chi connectivity index (χ1v) is 10.0. The maximum absolute atomic E-state index is 5.52. The lowest BCUT2D eigenvalue weighted by Crippen LogP contribution is -2.64. The molecule has 2 saturated heterocycles. The second kappa shape index (κ2) is 7.37. The van der Waals surface area contributed by atoms with E-state index in [1.165, 1.54) is 57.7 Å².